The van der Waals surface area contributed by atoms with Gasteiger partial charge in [0, 0.05) is 73.2 Å². The Morgan fingerprint density at radius 3 is 2.55 bits per heavy atom. The lowest BCUT2D eigenvalue weighted by molar-refractivity contribution is 0.589. The number of aromatic nitrogens is 3. The summed E-state index contributed by atoms with van der Waals surface area (Å²) in [6.07, 6.45) is 8.16. The Labute approximate surface area is 181 Å². The maximum absolute atomic E-state index is 4.80. The monoisotopic (exact) mass is 408 g/mol. The van der Waals surface area contributed by atoms with Crippen molar-refractivity contribution in [3.63, 3.8) is 0 Å². The third-order valence-electron chi connectivity index (χ3n) is 6.15. The van der Waals surface area contributed by atoms with Gasteiger partial charge in [0.1, 0.15) is 0 Å². The lowest BCUT2D eigenvalue weighted by Gasteiger charge is -2.29. The third kappa shape index (κ3) is 3.25. The van der Waals surface area contributed by atoms with E-state index in [1.54, 1.807) is 0 Å². The van der Waals surface area contributed by atoms with Gasteiger partial charge in [-0.15, -0.1) is 0 Å². The molecule has 2 aromatic carbocycles. The maximum Gasteiger partial charge on any atom is 0.162 e. The molecule has 0 aliphatic carbocycles. The van der Waals surface area contributed by atoms with Crippen molar-refractivity contribution in [2.45, 2.75) is 0 Å². The average molecular weight is 409 g/mol. The average Bonchev–Trinajstić information content (AvgIpc) is 3.27. The Morgan fingerprint density at radius 2 is 1.68 bits per heavy atom. The number of hydrogen-bond donors (Lipinski definition) is 2. The molecule has 6 rings (SSSR count). The number of hydrogen-bond acceptors (Lipinski definition) is 5. The van der Waals surface area contributed by atoms with Crippen molar-refractivity contribution in [1.29, 1.82) is 0 Å². The first-order valence-electron chi connectivity index (χ1n) is 10.8. The van der Waals surface area contributed by atoms with Crippen molar-refractivity contribution >= 4 is 22.6 Å². The van der Waals surface area contributed by atoms with Gasteiger partial charge in [-0.25, -0.2) is 9.50 Å². The summed E-state index contributed by atoms with van der Waals surface area (Å²) in [5.74, 6) is 0. The van der Waals surface area contributed by atoms with Crippen LogP contribution in [0.1, 0.15) is 11.1 Å². The minimum Gasteiger partial charge on any atom is -0.381 e. The van der Waals surface area contributed by atoms with Gasteiger partial charge >= 0.3 is 0 Å². The summed E-state index contributed by atoms with van der Waals surface area (Å²) >= 11 is 0. The molecule has 2 aliphatic rings. The molecule has 4 heterocycles. The first-order chi connectivity index (χ1) is 15.4. The van der Waals surface area contributed by atoms with Crippen molar-refractivity contribution in [3.05, 3.63) is 84.3 Å². The molecule has 0 atom stereocenters. The molecule has 0 bridgehead atoms. The van der Waals surface area contributed by atoms with Crippen LogP contribution in [0.25, 0.3) is 22.3 Å². The number of benzene rings is 2. The molecule has 31 heavy (non-hydrogen) atoms. The van der Waals surface area contributed by atoms with Crippen molar-refractivity contribution in [2.75, 3.05) is 42.9 Å². The quantitative estimate of drug-likeness (QED) is 0.542. The number of para-hydroxylation sites is 1. The van der Waals surface area contributed by atoms with E-state index in [-0.39, 0.29) is 0 Å². The van der Waals surface area contributed by atoms with Gasteiger partial charge in [-0.2, -0.15) is 5.10 Å². The number of piperazine rings is 1. The van der Waals surface area contributed by atoms with Gasteiger partial charge < -0.3 is 15.5 Å². The second-order valence-electron chi connectivity index (χ2n) is 8.00. The highest BCUT2D eigenvalue weighted by Gasteiger charge is 2.18. The predicted molar refractivity (Wildman–Crippen MR) is 126 cm³/mol. The zero-order valence-corrected chi connectivity index (χ0v) is 17.3. The van der Waals surface area contributed by atoms with E-state index in [1.807, 2.05) is 16.9 Å². The smallest absolute Gasteiger partial charge is 0.162 e. The van der Waals surface area contributed by atoms with E-state index in [0.29, 0.717) is 0 Å². The summed E-state index contributed by atoms with van der Waals surface area (Å²) in [4.78, 5) is 7.22. The number of rotatable bonds is 3. The van der Waals surface area contributed by atoms with Crippen LogP contribution >= 0.6 is 0 Å². The van der Waals surface area contributed by atoms with E-state index in [4.69, 9.17) is 4.98 Å². The van der Waals surface area contributed by atoms with Gasteiger partial charge in [0.2, 0.25) is 0 Å². The van der Waals surface area contributed by atoms with E-state index in [1.165, 1.54) is 16.8 Å². The van der Waals surface area contributed by atoms with E-state index >= 15 is 0 Å². The minimum absolute atomic E-state index is 0.807. The molecule has 1 saturated heterocycles. The summed E-state index contributed by atoms with van der Waals surface area (Å²) in [5.41, 5.74) is 8.96. The standard InChI is InChI=1S/C25H24N6/c1-2-4-24-22(3-1)21(9-10-27-24)23-16-29-31-17-19(15-28-25(23)31)18-5-7-20(8-6-18)30-13-11-26-12-14-30/h1-9,15-17,26-27H,10-14H2. The van der Waals surface area contributed by atoms with Crippen LogP contribution in [0.5, 0.6) is 0 Å². The van der Waals surface area contributed by atoms with Crippen molar-refractivity contribution < 1.29 is 0 Å². The van der Waals surface area contributed by atoms with Gasteiger partial charge in [-0.05, 0) is 29.3 Å². The van der Waals surface area contributed by atoms with Crippen LogP contribution in [-0.4, -0.2) is 47.3 Å². The minimum atomic E-state index is 0.807. The SMILES string of the molecule is C1=C(c2cnn3cc(-c4ccc(N5CCNCC5)cc4)cnc23)c2ccccc2NC1. The number of nitrogens with zero attached hydrogens (tertiary/aromatic N) is 4. The third-order valence-corrected chi connectivity index (χ3v) is 6.15. The zero-order valence-electron chi connectivity index (χ0n) is 17.3. The number of nitrogens with one attached hydrogen (secondary N) is 2. The fourth-order valence-electron chi connectivity index (χ4n) is 4.50. The highest BCUT2D eigenvalue weighted by molar-refractivity contribution is 5.92. The van der Waals surface area contributed by atoms with Crippen molar-refractivity contribution in [3.8, 4) is 11.1 Å². The number of fused-ring (bicyclic) bond motifs is 2. The molecule has 0 saturated carbocycles. The van der Waals surface area contributed by atoms with Crippen molar-refractivity contribution in [1.82, 2.24) is 19.9 Å². The first-order valence-corrected chi connectivity index (χ1v) is 10.8. The van der Waals surface area contributed by atoms with Crippen LogP contribution in [0.3, 0.4) is 0 Å². The molecule has 4 aromatic rings. The van der Waals surface area contributed by atoms with Crippen molar-refractivity contribution in [2.24, 2.45) is 0 Å². The van der Waals surface area contributed by atoms with E-state index < -0.39 is 0 Å². The van der Waals surface area contributed by atoms with E-state index in [2.05, 4.69) is 81.4 Å². The molecule has 2 aliphatic heterocycles. The molecule has 2 aromatic heterocycles. The molecule has 2 N–H and O–H groups in total. The Kier molecular flexibility index (Phi) is 4.43. The molecule has 6 nitrogen and oxygen atoms in total. The molecule has 6 heteroatoms. The van der Waals surface area contributed by atoms with E-state index in [0.717, 1.165) is 60.7 Å². The summed E-state index contributed by atoms with van der Waals surface area (Å²) in [6.45, 7) is 5.00. The van der Waals surface area contributed by atoms with Crippen LogP contribution < -0.4 is 15.5 Å². The van der Waals surface area contributed by atoms with Crippen LogP contribution in [0.2, 0.25) is 0 Å². The van der Waals surface area contributed by atoms with Crippen LogP contribution in [-0.2, 0) is 0 Å². The number of anilines is 2. The normalized spacial score (nSPS) is 16.0. The Morgan fingerprint density at radius 1 is 0.839 bits per heavy atom. The topological polar surface area (TPSA) is 57.5 Å². The summed E-state index contributed by atoms with van der Waals surface area (Å²) in [6, 6.07) is 17.2. The fraction of sp³-hybridized carbons (Fsp3) is 0.200. The highest BCUT2D eigenvalue weighted by Crippen LogP contribution is 2.34. The molecule has 154 valence electrons. The summed E-state index contributed by atoms with van der Waals surface area (Å²) < 4.78 is 1.89. The Bertz CT molecular complexity index is 1260. The first kappa shape index (κ1) is 18.2. The molecule has 1 fully saturated rings. The van der Waals surface area contributed by atoms with E-state index in [9.17, 15) is 0 Å². The second kappa shape index (κ2) is 7.56. The van der Waals surface area contributed by atoms with Crippen LogP contribution in [0, 0.1) is 0 Å². The van der Waals surface area contributed by atoms with Crippen LogP contribution in [0.15, 0.2) is 73.2 Å². The fourth-order valence-corrected chi connectivity index (χ4v) is 4.50. The molecule has 0 radical (unpaired) electrons. The van der Waals surface area contributed by atoms with Gasteiger partial charge in [-0.3, -0.25) is 0 Å². The van der Waals surface area contributed by atoms with Gasteiger partial charge in [0.05, 0.1) is 6.20 Å². The Balaban J connectivity index is 1.32. The molecule has 0 spiro atoms. The zero-order chi connectivity index (χ0) is 20.6. The molecular formula is C25H24N6. The largest absolute Gasteiger partial charge is 0.381 e. The lowest BCUT2D eigenvalue weighted by Crippen LogP contribution is -2.43. The summed E-state index contributed by atoms with van der Waals surface area (Å²) in [5, 5.41) is 11.5. The van der Waals surface area contributed by atoms with Gasteiger partial charge in [0.15, 0.2) is 5.65 Å². The van der Waals surface area contributed by atoms with Gasteiger partial charge in [0.25, 0.3) is 0 Å². The lowest BCUT2D eigenvalue weighted by atomic mass is 9.95. The molecule has 0 amide bonds. The Hall–Kier alpha value is -3.64. The predicted octanol–water partition coefficient (Wildman–Crippen LogP) is 3.66. The highest BCUT2D eigenvalue weighted by atomic mass is 15.2. The maximum atomic E-state index is 4.80. The summed E-state index contributed by atoms with van der Waals surface area (Å²) in [7, 11) is 0. The van der Waals surface area contributed by atoms with Gasteiger partial charge in [-0.1, -0.05) is 36.4 Å². The molecular weight excluding hydrogens is 384 g/mol. The second-order valence-corrected chi connectivity index (χ2v) is 8.00. The van der Waals surface area contributed by atoms with Crippen LogP contribution in [0.4, 0.5) is 11.4 Å². The molecule has 0 unspecified atom stereocenters.